The molecule has 0 aliphatic heterocycles. The third-order valence-electron chi connectivity index (χ3n) is 4.18. The molecule has 2 aromatic carbocycles. The van der Waals surface area contributed by atoms with Gasteiger partial charge < -0.3 is 15.7 Å². The number of hydrogen-bond acceptors (Lipinski definition) is 5. The zero-order valence-corrected chi connectivity index (χ0v) is 16.4. The lowest BCUT2D eigenvalue weighted by molar-refractivity contribution is 0.194. The van der Waals surface area contributed by atoms with E-state index in [0.29, 0.717) is 30.0 Å². The number of aromatic nitrogens is 2. The Labute approximate surface area is 164 Å². The highest BCUT2D eigenvalue weighted by Gasteiger charge is 2.19. The molecule has 0 bridgehead atoms. The fourth-order valence-electron chi connectivity index (χ4n) is 3.07. The summed E-state index contributed by atoms with van der Waals surface area (Å²) in [6, 6.07) is 10.6. The number of nitrogens with zero attached hydrogens (tertiary/aromatic N) is 2. The molecule has 27 heavy (non-hydrogen) atoms. The van der Waals surface area contributed by atoms with Gasteiger partial charge in [0.05, 0.1) is 23.2 Å². The first-order chi connectivity index (χ1) is 12.5. The molecule has 3 N–H and O–H groups in total. The summed E-state index contributed by atoms with van der Waals surface area (Å²) in [6.45, 7) is 4.40. The van der Waals surface area contributed by atoms with E-state index in [1.807, 2.05) is 25.1 Å². The molecule has 1 heterocycles. The normalized spacial score (nSPS) is 11.7. The number of rotatable bonds is 6. The van der Waals surface area contributed by atoms with Gasteiger partial charge in [0.2, 0.25) is 5.95 Å². The Morgan fingerprint density at radius 2 is 1.81 bits per heavy atom. The first kappa shape index (κ1) is 20.9. The maximum absolute atomic E-state index is 14.2. The van der Waals surface area contributed by atoms with E-state index in [1.165, 1.54) is 6.07 Å². The van der Waals surface area contributed by atoms with Gasteiger partial charge in [-0.1, -0.05) is 24.3 Å². The molecule has 0 aliphatic carbocycles. The number of aliphatic hydroxyl groups is 1. The van der Waals surface area contributed by atoms with E-state index in [4.69, 9.17) is 0 Å². The smallest absolute Gasteiger partial charge is 0.223 e. The Morgan fingerprint density at radius 1 is 1.11 bits per heavy atom. The third kappa shape index (κ3) is 4.28. The third-order valence-corrected chi connectivity index (χ3v) is 4.18. The van der Waals surface area contributed by atoms with Crippen LogP contribution in [-0.4, -0.2) is 34.8 Å². The van der Waals surface area contributed by atoms with Crippen molar-refractivity contribution in [2.75, 3.05) is 24.2 Å². The van der Waals surface area contributed by atoms with Crippen LogP contribution in [0, 0.1) is 5.82 Å². The van der Waals surface area contributed by atoms with Crippen LogP contribution < -0.4 is 10.6 Å². The van der Waals surface area contributed by atoms with E-state index in [1.54, 1.807) is 26.1 Å². The van der Waals surface area contributed by atoms with Crippen molar-refractivity contribution in [3.05, 3.63) is 47.9 Å². The van der Waals surface area contributed by atoms with Crippen molar-refractivity contribution in [2.45, 2.75) is 26.4 Å². The van der Waals surface area contributed by atoms with Gasteiger partial charge in [0.15, 0.2) is 0 Å². The van der Waals surface area contributed by atoms with Crippen LogP contribution >= 0.6 is 12.4 Å². The van der Waals surface area contributed by atoms with E-state index in [-0.39, 0.29) is 18.2 Å². The molecule has 3 aromatic rings. The van der Waals surface area contributed by atoms with Crippen LogP contribution in [0.1, 0.15) is 19.5 Å². The summed E-state index contributed by atoms with van der Waals surface area (Å²) in [7, 11) is 1.75. The first-order valence-corrected chi connectivity index (χ1v) is 8.73. The lowest BCUT2D eigenvalue weighted by atomic mass is 9.99. The Kier molecular flexibility index (Phi) is 6.93. The summed E-state index contributed by atoms with van der Waals surface area (Å²) in [5.74, 6) is 0.201. The van der Waals surface area contributed by atoms with Crippen LogP contribution in [0.2, 0.25) is 0 Å². The monoisotopic (exact) mass is 390 g/mol. The highest BCUT2D eigenvalue weighted by Crippen LogP contribution is 2.35. The number of benzene rings is 2. The quantitative estimate of drug-likeness (QED) is 0.586. The van der Waals surface area contributed by atoms with Crippen molar-refractivity contribution in [3.63, 3.8) is 0 Å². The maximum atomic E-state index is 14.2. The first-order valence-electron chi connectivity index (χ1n) is 8.73. The number of halogens is 2. The molecule has 0 amide bonds. The molecular formula is C20H24ClFN4O. The molecule has 0 aliphatic rings. The molecule has 3 rings (SSSR count). The lowest BCUT2D eigenvalue weighted by Crippen LogP contribution is -2.14. The fraction of sp³-hybridized carbons (Fsp3) is 0.300. The number of nitrogens with one attached hydrogen (secondary N) is 2. The van der Waals surface area contributed by atoms with Gasteiger partial charge in [-0.3, -0.25) is 0 Å². The molecule has 7 heteroatoms. The number of aliphatic hydroxyl groups excluding tert-OH is 1. The summed E-state index contributed by atoms with van der Waals surface area (Å²) in [5.41, 5.74) is 3.01. The predicted octanol–water partition coefficient (Wildman–Crippen LogP) is 4.25. The average Bonchev–Trinajstić information content (AvgIpc) is 2.63. The SMILES string of the molecule is CCNc1c(CC(C)O)nc(NC)nc1-c1ccc(F)c2ccccc12.Cl. The van der Waals surface area contributed by atoms with Gasteiger partial charge >= 0.3 is 0 Å². The average molecular weight is 391 g/mol. The summed E-state index contributed by atoms with van der Waals surface area (Å²) < 4.78 is 14.2. The minimum Gasteiger partial charge on any atom is -0.393 e. The van der Waals surface area contributed by atoms with Gasteiger partial charge in [-0.2, -0.15) is 0 Å². The summed E-state index contributed by atoms with van der Waals surface area (Å²) in [4.78, 5) is 9.15. The second kappa shape index (κ2) is 8.97. The van der Waals surface area contributed by atoms with E-state index in [9.17, 15) is 9.50 Å². The van der Waals surface area contributed by atoms with Gasteiger partial charge in [-0.05, 0) is 31.4 Å². The van der Waals surface area contributed by atoms with Gasteiger partial charge in [0.25, 0.3) is 0 Å². The van der Waals surface area contributed by atoms with Crippen molar-refractivity contribution in [3.8, 4) is 11.3 Å². The van der Waals surface area contributed by atoms with Crippen LogP contribution in [0.5, 0.6) is 0 Å². The number of hydrogen-bond donors (Lipinski definition) is 3. The van der Waals surface area contributed by atoms with Crippen LogP contribution in [0.25, 0.3) is 22.0 Å². The van der Waals surface area contributed by atoms with Crippen LogP contribution in [0.4, 0.5) is 16.0 Å². The van der Waals surface area contributed by atoms with Crippen molar-refractivity contribution < 1.29 is 9.50 Å². The second-order valence-electron chi connectivity index (χ2n) is 6.19. The number of anilines is 2. The second-order valence-corrected chi connectivity index (χ2v) is 6.19. The van der Waals surface area contributed by atoms with E-state index >= 15 is 0 Å². The van der Waals surface area contributed by atoms with E-state index in [2.05, 4.69) is 20.6 Å². The fourth-order valence-corrected chi connectivity index (χ4v) is 3.07. The molecule has 1 unspecified atom stereocenters. The molecular weight excluding hydrogens is 367 g/mol. The Morgan fingerprint density at radius 3 is 2.44 bits per heavy atom. The minimum atomic E-state index is -0.537. The van der Waals surface area contributed by atoms with E-state index < -0.39 is 6.10 Å². The Hall–Kier alpha value is -2.44. The molecule has 144 valence electrons. The molecule has 0 spiro atoms. The predicted molar refractivity (Wildman–Crippen MR) is 111 cm³/mol. The highest BCUT2D eigenvalue weighted by molar-refractivity contribution is 5.99. The molecule has 1 atom stereocenters. The zero-order chi connectivity index (χ0) is 18.7. The minimum absolute atomic E-state index is 0. The molecule has 5 nitrogen and oxygen atoms in total. The topological polar surface area (TPSA) is 70.1 Å². The Balaban J connectivity index is 0.00000261. The van der Waals surface area contributed by atoms with Gasteiger partial charge in [-0.15, -0.1) is 12.4 Å². The van der Waals surface area contributed by atoms with Crippen molar-refractivity contribution in [1.29, 1.82) is 0 Å². The van der Waals surface area contributed by atoms with Crippen LogP contribution in [0.15, 0.2) is 36.4 Å². The maximum Gasteiger partial charge on any atom is 0.223 e. The van der Waals surface area contributed by atoms with Crippen LogP contribution in [-0.2, 0) is 6.42 Å². The van der Waals surface area contributed by atoms with Crippen LogP contribution in [0.3, 0.4) is 0 Å². The number of fused-ring (bicyclic) bond motifs is 1. The summed E-state index contributed by atoms with van der Waals surface area (Å²) in [5, 5.41) is 17.5. The van der Waals surface area contributed by atoms with Gasteiger partial charge in [0.1, 0.15) is 5.82 Å². The summed E-state index contributed by atoms with van der Waals surface area (Å²) in [6.07, 6.45) is -0.143. The summed E-state index contributed by atoms with van der Waals surface area (Å²) >= 11 is 0. The molecule has 0 fully saturated rings. The van der Waals surface area contributed by atoms with Gasteiger partial charge in [0, 0.05) is 31.0 Å². The molecule has 0 saturated heterocycles. The van der Waals surface area contributed by atoms with Crippen molar-refractivity contribution in [2.24, 2.45) is 0 Å². The van der Waals surface area contributed by atoms with Crippen molar-refractivity contribution in [1.82, 2.24) is 9.97 Å². The lowest BCUT2D eigenvalue weighted by Gasteiger charge is -2.18. The Bertz CT molecular complexity index is 933. The van der Waals surface area contributed by atoms with E-state index in [0.717, 1.165) is 22.3 Å². The highest BCUT2D eigenvalue weighted by atomic mass is 35.5. The van der Waals surface area contributed by atoms with Crippen molar-refractivity contribution >= 4 is 34.8 Å². The zero-order valence-electron chi connectivity index (χ0n) is 15.6. The molecule has 0 saturated carbocycles. The molecule has 0 radical (unpaired) electrons. The largest absolute Gasteiger partial charge is 0.393 e. The molecule has 1 aromatic heterocycles. The van der Waals surface area contributed by atoms with Gasteiger partial charge in [-0.25, -0.2) is 14.4 Å². The standard InChI is InChI=1S/C20H23FN4O.ClH/c1-4-23-19-17(11-12(2)26)24-20(22-3)25-18(19)15-9-10-16(21)14-8-6-5-7-13(14)15;/h5-10,12,23,26H,4,11H2,1-3H3,(H,22,24,25);1H.